The highest BCUT2D eigenvalue weighted by Crippen LogP contribution is 2.31. The topological polar surface area (TPSA) is 89.3 Å². The number of ether oxygens (including phenoxy) is 1. The first-order valence-corrected chi connectivity index (χ1v) is 12.3. The molecular weight excluding hydrogens is 473 g/mol. The van der Waals surface area contributed by atoms with E-state index in [9.17, 15) is 14.0 Å². The Morgan fingerprint density at radius 1 is 1.05 bits per heavy atom. The fraction of sp³-hybridized carbons (Fsp3) is 0.286. The van der Waals surface area contributed by atoms with Gasteiger partial charge in [-0.3, -0.25) is 14.5 Å². The molecule has 37 heavy (non-hydrogen) atoms. The number of amides is 2. The van der Waals surface area contributed by atoms with Crippen LogP contribution in [0.1, 0.15) is 37.3 Å². The Bertz CT molecular complexity index is 1380. The van der Waals surface area contributed by atoms with Crippen molar-refractivity contribution in [3.8, 4) is 5.75 Å². The monoisotopic (exact) mass is 501 g/mol. The molecule has 1 aliphatic rings. The molecule has 0 spiro atoms. The van der Waals surface area contributed by atoms with Gasteiger partial charge in [0.1, 0.15) is 29.7 Å². The smallest absolute Gasteiger partial charge is 0.249 e. The Balaban J connectivity index is 1.56. The molecule has 0 radical (unpaired) electrons. The minimum atomic E-state index is -1.02. The van der Waals surface area contributed by atoms with E-state index < -0.39 is 11.9 Å². The number of methoxy groups -OCH3 is 1. The summed E-state index contributed by atoms with van der Waals surface area (Å²) in [5, 5.41) is 11.4. The number of aromatic nitrogens is 3. The van der Waals surface area contributed by atoms with Crippen LogP contribution in [0.2, 0.25) is 0 Å². The molecule has 4 aromatic rings. The van der Waals surface area contributed by atoms with Crippen LogP contribution in [0.25, 0.3) is 11.0 Å². The van der Waals surface area contributed by atoms with Gasteiger partial charge in [-0.25, -0.2) is 9.07 Å². The van der Waals surface area contributed by atoms with Gasteiger partial charge in [-0.1, -0.05) is 42.3 Å². The third-order valence-corrected chi connectivity index (χ3v) is 6.72. The van der Waals surface area contributed by atoms with Gasteiger partial charge in [-0.15, -0.1) is 5.10 Å². The number of rotatable bonds is 8. The predicted molar refractivity (Wildman–Crippen MR) is 138 cm³/mol. The highest BCUT2D eigenvalue weighted by Gasteiger charge is 2.34. The first-order chi connectivity index (χ1) is 18.0. The van der Waals surface area contributed by atoms with Crippen LogP contribution in [0.3, 0.4) is 0 Å². The molecule has 1 saturated carbocycles. The molecule has 9 heteroatoms. The standard InChI is InChI=1S/C28H28FN5O3/c1-37-23-16-14-22(15-17-23)34(26(35)18-33-25-9-5-4-8-24(25)31-32-33)27(19-10-12-20(29)13-11-19)28(36)30-21-6-2-3-7-21/h4-5,8-17,21,27H,2-3,6-7,18H2,1H3,(H,30,36)/t27-/m0/s1. The van der Waals surface area contributed by atoms with Crippen LogP contribution < -0.4 is 15.0 Å². The molecule has 2 amide bonds. The van der Waals surface area contributed by atoms with Crippen molar-refractivity contribution in [2.75, 3.05) is 12.0 Å². The van der Waals surface area contributed by atoms with Crippen LogP contribution in [-0.2, 0) is 16.1 Å². The van der Waals surface area contributed by atoms with Gasteiger partial charge in [0.05, 0.1) is 12.6 Å². The number of nitrogens with one attached hydrogen (secondary N) is 1. The fourth-order valence-corrected chi connectivity index (χ4v) is 4.83. The maximum atomic E-state index is 14.0. The van der Waals surface area contributed by atoms with E-state index in [4.69, 9.17) is 4.74 Å². The minimum Gasteiger partial charge on any atom is -0.497 e. The lowest BCUT2D eigenvalue weighted by Gasteiger charge is -2.32. The fourth-order valence-electron chi connectivity index (χ4n) is 4.83. The second kappa shape index (κ2) is 10.8. The van der Waals surface area contributed by atoms with Crippen molar-refractivity contribution in [3.05, 3.63) is 84.2 Å². The largest absolute Gasteiger partial charge is 0.497 e. The SMILES string of the molecule is COc1ccc(N(C(=O)Cn2nnc3ccccc32)[C@H](C(=O)NC2CCCC2)c2ccc(F)cc2)cc1. The minimum absolute atomic E-state index is 0.0440. The highest BCUT2D eigenvalue weighted by atomic mass is 19.1. The molecule has 8 nitrogen and oxygen atoms in total. The average Bonchev–Trinajstić information content (AvgIpc) is 3.58. The van der Waals surface area contributed by atoms with Gasteiger partial charge >= 0.3 is 0 Å². The maximum absolute atomic E-state index is 14.0. The summed E-state index contributed by atoms with van der Waals surface area (Å²) in [7, 11) is 1.56. The average molecular weight is 502 g/mol. The maximum Gasteiger partial charge on any atom is 0.249 e. The number of carbonyl (C=O) groups excluding carboxylic acids is 2. The van der Waals surface area contributed by atoms with E-state index in [0.717, 1.165) is 25.7 Å². The third-order valence-electron chi connectivity index (χ3n) is 6.72. The number of para-hydroxylation sites is 1. The molecule has 0 bridgehead atoms. The van der Waals surface area contributed by atoms with Crippen LogP contribution in [0, 0.1) is 5.82 Å². The number of hydrogen-bond donors (Lipinski definition) is 1. The molecule has 1 heterocycles. The van der Waals surface area contributed by atoms with Crippen LogP contribution in [0.15, 0.2) is 72.8 Å². The van der Waals surface area contributed by atoms with Crippen molar-refractivity contribution in [2.45, 2.75) is 44.3 Å². The molecular formula is C28H28FN5O3. The molecule has 3 aromatic carbocycles. The normalized spacial score (nSPS) is 14.4. The molecule has 1 aliphatic carbocycles. The lowest BCUT2D eigenvalue weighted by molar-refractivity contribution is -0.127. The van der Waals surface area contributed by atoms with Crippen LogP contribution in [0.4, 0.5) is 10.1 Å². The van der Waals surface area contributed by atoms with Crippen molar-refractivity contribution >= 4 is 28.5 Å². The van der Waals surface area contributed by atoms with Gasteiger partial charge in [0.15, 0.2) is 0 Å². The number of halogens is 1. The zero-order valence-corrected chi connectivity index (χ0v) is 20.5. The van der Waals surface area contributed by atoms with Crippen molar-refractivity contribution in [3.63, 3.8) is 0 Å². The molecule has 1 N–H and O–H groups in total. The van der Waals surface area contributed by atoms with Gasteiger partial charge in [0, 0.05) is 11.7 Å². The first-order valence-electron chi connectivity index (χ1n) is 12.3. The van der Waals surface area contributed by atoms with E-state index in [1.807, 2.05) is 24.3 Å². The van der Waals surface area contributed by atoms with Crippen LogP contribution >= 0.6 is 0 Å². The van der Waals surface area contributed by atoms with E-state index in [1.165, 1.54) is 21.7 Å². The van der Waals surface area contributed by atoms with Gasteiger partial charge in [0.2, 0.25) is 11.8 Å². The number of benzene rings is 3. The van der Waals surface area contributed by atoms with E-state index in [1.54, 1.807) is 43.5 Å². The zero-order valence-electron chi connectivity index (χ0n) is 20.5. The molecule has 5 rings (SSSR count). The summed E-state index contributed by atoms with van der Waals surface area (Å²) in [5.41, 5.74) is 2.38. The van der Waals surface area contributed by atoms with E-state index >= 15 is 0 Å². The molecule has 0 aliphatic heterocycles. The molecule has 0 unspecified atom stereocenters. The van der Waals surface area contributed by atoms with E-state index in [-0.39, 0.29) is 24.4 Å². The summed E-state index contributed by atoms with van der Waals surface area (Å²) in [6.45, 7) is -0.138. The molecule has 1 aromatic heterocycles. The molecule has 190 valence electrons. The summed E-state index contributed by atoms with van der Waals surface area (Å²) < 4.78 is 20.6. The second-order valence-electron chi connectivity index (χ2n) is 9.14. The quantitative estimate of drug-likeness (QED) is 0.386. The third kappa shape index (κ3) is 5.30. The number of carbonyl (C=O) groups is 2. The number of nitrogens with zero attached hydrogens (tertiary/aromatic N) is 4. The summed E-state index contributed by atoms with van der Waals surface area (Å²) >= 11 is 0. The summed E-state index contributed by atoms with van der Waals surface area (Å²) in [6.07, 6.45) is 3.88. The van der Waals surface area contributed by atoms with Crippen molar-refractivity contribution < 1.29 is 18.7 Å². The Labute approximate surface area is 214 Å². The van der Waals surface area contributed by atoms with Gasteiger partial charge in [0.25, 0.3) is 0 Å². The van der Waals surface area contributed by atoms with Gasteiger partial charge < -0.3 is 10.1 Å². The summed E-state index contributed by atoms with van der Waals surface area (Å²) in [6, 6.07) is 19.0. The Kier molecular flexibility index (Phi) is 7.11. The molecule has 1 atom stereocenters. The van der Waals surface area contributed by atoms with E-state index in [2.05, 4.69) is 15.6 Å². The zero-order chi connectivity index (χ0) is 25.8. The van der Waals surface area contributed by atoms with Crippen molar-refractivity contribution in [1.82, 2.24) is 20.3 Å². The lowest BCUT2D eigenvalue weighted by atomic mass is 10.0. The summed E-state index contributed by atoms with van der Waals surface area (Å²) in [5.74, 6) is -0.481. The Hall–Kier alpha value is -4.27. The second-order valence-corrected chi connectivity index (χ2v) is 9.14. The lowest BCUT2D eigenvalue weighted by Crippen LogP contribution is -2.47. The summed E-state index contributed by atoms with van der Waals surface area (Å²) in [4.78, 5) is 29.2. The predicted octanol–water partition coefficient (Wildman–Crippen LogP) is 4.41. The van der Waals surface area contributed by atoms with Crippen molar-refractivity contribution in [1.29, 1.82) is 0 Å². The van der Waals surface area contributed by atoms with Crippen LogP contribution in [-0.4, -0.2) is 40.0 Å². The van der Waals surface area contributed by atoms with E-state index in [0.29, 0.717) is 28.0 Å². The van der Waals surface area contributed by atoms with Gasteiger partial charge in [-0.05, 0) is 66.9 Å². The van der Waals surface area contributed by atoms with Crippen LogP contribution in [0.5, 0.6) is 5.75 Å². The number of fused-ring (bicyclic) bond motifs is 1. The van der Waals surface area contributed by atoms with Gasteiger partial charge in [-0.2, -0.15) is 0 Å². The van der Waals surface area contributed by atoms with Crippen molar-refractivity contribution in [2.24, 2.45) is 0 Å². The Morgan fingerprint density at radius 3 is 2.46 bits per heavy atom. The number of hydrogen-bond acceptors (Lipinski definition) is 5. The Morgan fingerprint density at radius 2 is 1.76 bits per heavy atom. The molecule has 0 saturated heterocycles. The first kappa shape index (κ1) is 24.4. The number of anilines is 1. The highest BCUT2D eigenvalue weighted by molar-refractivity contribution is 6.01. The molecule has 1 fully saturated rings.